The number of aromatic amines is 1. The Bertz CT molecular complexity index is 1330. The topological polar surface area (TPSA) is 53.1 Å². The Morgan fingerprint density at radius 3 is 2.19 bits per heavy atom. The number of para-hydroxylation sites is 2. The Morgan fingerprint density at radius 2 is 1.44 bits per heavy atom. The quantitative estimate of drug-likeness (QED) is 0.238. The van der Waals surface area contributed by atoms with Crippen LogP contribution in [0.5, 0.6) is 0 Å². The highest BCUT2D eigenvalue weighted by atomic mass is 15.3. The second kappa shape index (κ2) is 9.14. The molecule has 0 fully saturated rings. The van der Waals surface area contributed by atoms with Gasteiger partial charge in [0.1, 0.15) is 5.82 Å². The molecule has 4 aromatic carbocycles. The molecule has 32 heavy (non-hydrogen) atoms. The summed E-state index contributed by atoms with van der Waals surface area (Å²) in [5.74, 6) is 0.858. The van der Waals surface area contributed by atoms with Crippen LogP contribution in [-0.2, 0) is 0 Å². The molecule has 0 atom stereocenters. The van der Waals surface area contributed by atoms with Crippen molar-refractivity contribution in [3.05, 3.63) is 126 Å². The summed E-state index contributed by atoms with van der Waals surface area (Å²) in [6, 6.07) is 36.5. The smallest absolute Gasteiger partial charge is 0.138 e. The third kappa shape index (κ3) is 4.50. The molecule has 0 aliphatic rings. The number of benzene rings is 4. The molecule has 154 valence electrons. The van der Waals surface area contributed by atoms with E-state index in [0.29, 0.717) is 0 Å². The Labute approximate surface area is 187 Å². The maximum Gasteiger partial charge on any atom is 0.138 e. The molecule has 0 unspecified atom stereocenters. The highest BCUT2D eigenvalue weighted by Crippen LogP contribution is 2.22. The number of imidazole rings is 1. The molecular formula is C28H22N4. The lowest BCUT2D eigenvalue weighted by molar-refractivity contribution is 1.31. The number of hydrogen-bond donors (Lipinski definition) is 2. The van der Waals surface area contributed by atoms with Crippen LogP contribution >= 0.6 is 0 Å². The number of nitrogens with one attached hydrogen (secondary N) is 2. The summed E-state index contributed by atoms with van der Waals surface area (Å²) >= 11 is 0. The zero-order valence-corrected chi connectivity index (χ0v) is 17.4. The van der Waals surface area contributed by atoms with E-state index in [9.17, 15) is 0 Å². The van der Waals surface area contributed by atoms with Crippen LogP contribution < -0.4 is 5.43 Å². The van der Waals surface area contributed by atoms with Crippen molar-refractivity contribution >= 4 is 28.5 Å². The van der Waals surface area contributed by atoms with Gasteiger partial charge in [0.2, 0.25) is 0 Å². The van der Waals surface area contributed by atoms with Crippen molar-refractivity contribution in [1.29, 1.82) is 0 Å². The molecule has 2 N–H and O–H groups in total. The van der Waals surface area contributed by atoms with Gasteiger partial charge in [-0.2, -0.15) is 5.10 Å². The molecule has 1 heterocycles. The third-order valence-corrected chi connectivity index (χ3v) is 5.16. The number of H-pyrrole nitrogens is 1. The number of allylic oxidation sites excluding steroid dienone is 1. The third-order valence-electron chi connectivity index (χ3n) is 5.16. The van der Waals surface area contributed by atoms with Crippen LogP contribution in [-0.4, -0.2) is 15.7 Å². The first-order chi connectivity index (χ1) is 15.8. The molecule has 0 radical (unpaired) electrons. The van der Waals surface area contributed by atoms with Crippen LogP contribution in [0.1, 0.15) is 11.1 Å². The minimum Gasteiger partial charge on any atom is -0.338 e. The number of rotatable bonds is 6. The maximum absolute atomic E-state index is 4.67. The van der Waals surface area contributed by atoms with Gasteiger partial charge in [0.05, 0.1) is 22.4 Å². The fraction of sp³-hybridized carbons (Fsp3) is 0. The summed E-state index contributed by atoms with van der Waals surface area (Å²) in [5.41, 5.74) is 10.2. The van der Waals surface area contributed by atoms with Gasteiger partial charge in [-0.25, -0.2) is 4.98 Å². The molecule has 0 aliphatic carbocycles. The first-order valence-electron chi connectivity index (χ1n) is 10.5. The molecule has 1 aromatic heterocycles. The highest BCUT2D eigenvalue weighted by Gasteiger charge is 2.05. The Hall–Kier alpha value is -4.44. The van der Waals surface area contributed by atoms with E-state index in [0.717, 1.165) is 44.9 Å². The monoisotopic (exact) mass is 414 g/mol. The van der Waals surface area contributed by atoms with Crippen LogP contribution in [0.15, 0.2) is 120 Å². The molecule has 0 bridgehead atoms. The molecule has 5 aromatic rings. The molecular weight excluding hydrogens is 392 g/mol. The van der Waals surface area contributed by atoms with E-state index in [4.69, 9.17) is 0 Å². The molecule has 0 spiro atoms. The first kappa shape index (κ1) is 19.5. The van der Waals surface area contributed by atoms with Gasteiger partial charge in [0.15, 0.2) is 0 Å². The Morgan fingerprint density at radius 1 is 0.750 bits per heavy atom. The summed E-state index contributed by atoms with van der Waals surface area (Å²) in [4.78, 5) is 8.03. The van der Waals surface area contributed by atoms with Crippen LogP contribution in [0.3, 0.4) is 0 Å². The lowest BCUT2D eigenvalue weighted by atomic mass is 10.1. The maximum atomic E-state index is 4.67. The average Bonchev–Trinajstić information content (AvgIpc) is 3.30. The SMILES string of the molecule is C(=C\c1ccccc1)/C(=N/Nc1ccc(-c2nc3ccccc3[nH]2)cc1)c1ccccc1. The minimum atomic E-state index is 0.857. The molecule has 0 aliphatic heterocycles. The van der Waals surface area contributed by atoms with E-state index in [-0.39, 0.29) is 0 Å². The fourth-order valence-electron chi connectivity index (χ4n) is 3.46. The Balaban J connectivity index is 1.37. The van der Waals surface area contributed by atoms with Crippen LogP contribution in [0.4, 0.5) is 5.69 Å². The van der Waals surface area contributed by atoms with Gasteiger partial charge in [0, 0.05) is 11.1 Å². The van der Waals surface area contributed by atoms with Crippen molar-refractivity contribution in [3.8, 4) is 11.4 Å². The van der Waals surface area contributed by atoms with Crippen molar-refractivity contribution in [3.63, 3.8) is 0 Å². The summed E-state index contributed by atoms with van der Waals surface area (Å²) in [7, 11) is 0. The van der Waals surface area contributed by atoms with E-state index in [1.165, 1.54) is 0 Å². The number of anilines is 1. The van der Waals surface area contributed by atoms with Gasteiger partial charge in [-0.1, -0.05) is 78.9 Å². The zero-order chi connectivity index (χ0) is 21.6. The number of aromatic nitrogens is 2. The predicted octanol–water partition coefficient (Wildman–Crippen LogP) is 6.76. The van der Waals surface area contributed by atoms with Crippen molar-refractivity contribution in [2.24, 2.45) is 5.10 Å². The minimum absolute atomic E-state index is 0.857. The first-order valence-corrected chi connectivity index (χ1v) is 10.5. The van der Waals surface area contributed by atoms with E-state index < -0.39 is 0 Å². The molecule has 0 saturated carbocycles. The van der Waals surface area contributed by atoms with Crippen LogP contribution in [0.25, 0.3) is 28.5 Å². The van der Waals surface area contributed by atoms with Gasteiger partial charge in [-0.15, -0.1) is 0 Å². The van der Waals surface area contributed by atoms with Crippen molar-refractivity contribution in [1.82, 2.24) is 9.97 Å². The van der Waals surface area contributed by atoms with Crippen LogP contribution in [0.2, 0.25) is 0 Å². The van der Waals surface area contributed by atoms with Gasteiger partial charge >= 0.3 is 0 Å². The molecule has 4 nitrogen and oxygen atoms in total. The van der Waals surface area contributed by atoms with Gasteiger partial charge in [-0.3, -0.25) is 5.43 Å². The largest absolute Gasteiger partial charge is 0.338 e. The molecule has 0 amide bonds. The average molecular weight is 415 g/mol. The van der Waals surface area contributed by atoms with Crippen molar-refractivity contribution in [2.75, 3.05) is 5.43 Å². The standard InChI is InChI=1S/C28H22N4/c1-3-9-21(10-4-1)15-20-25(22-11-5-2-6-12-22)32-31-24-18-16-23(17-19-24)28-29-26-13-7-8-14-27(26)30-28/h1-20,31H,(H,29,30)/b20-15+,32-25-. The second-order valence-corrected chi connectivity index (χ2v) is 7.40. The number of hydrogen-bond acceptors (Lipinski definition) is 3. The number of fused-ring (bicyclic) bond motifs is 1. The number of hydrazone groups is 1. The molecule has 4 heteroatoms. The van der Waals surface area contributed by atoms with E-state index in [1.54, 1.807) is 0 Å². The summed E-state index contributed by atoms with van der Waals surface area (Å²) < 4.78 is 0. The number of nitrogens with zero attached hydrogens (tertiary/aromatic N) is 2. The van der Waals surface area contributed by atoms with E-state index in [2.05, 4.69) is 50.8 Å². The van der Waals surface area contributed by atoms with Gasteiger partial charge in [-0.05, 0) is 48.0 Å². The fourth-order valence-corrected chi connectivity index (χ4v) is 3.46. The summed E-state index contributed by atoms with van der Waals surface area (Å²) in [6.45, 7) is 0. The lowest BCUT2D eigenvalue weighted by Gasteiger charge is -2.06. The molecule has 5 rings (SSSR count). The van der Waals surface area contributed by atoms with Gasteiger partial charge in [0.25, 0.3) is 0 Å². The summed E-state index contributed by atoms with van der Waals surface area (Å²) in [5, 5.41) is 4.67. The molecule has 0 saturated heterocycles. The normalized spacial score (nSPS) is 11.8. The highest BCUT2D eigenvalue weighted by molar-refractivity contribution is 6.11. The van der Waals surface area contributed by atoms with Crippen LogP contribution in [0, 0.1) is 0 Å². The van der Waals surface area contributed by atoms with E-state index in [1.807, 2.05) is 91.0 Å². The van der Waals surface area contributed by atoms with Crippen molar-refractivity contribution < 1.29 is 0 Å². The summed E-state index contributed by atoms with van der Waals surface area (Å²) in [6.07, 6.45) is 4.10. The van der Waals surface area contributed by atoms with Crippen molar-refractivity contribution in [2.45, 2.75) is 0 Å². The lowest BCUT2D eigenvalue weighted by Crippen LogP contribution is -2.01. The predicted molar refractivity (Wildman–Crippen MR) is 134 cm³/mol. The Kier molecular flexibility index (Phi) is 5.58. The van der Waals surface area contributed by atoms with Gasteiger partial charge < -0.3 is 4.98 Å². The van der Waals surface area contributed by atoms with E-state index >= 15 is 0 Å². The zero-order valence-electron chi connectivity index (χ0n) is 17.4. The second-order valence-electron chi connectivity index (χ2n) is 7.40.